The average molecular weight is 367 g/mol. The fourth-order valence-electron chi connectivity index (χ4n) is 3.50. The predicted molar refractivity (Wildman–Crippen MR) is 109 cm³/mol. The first-order valence-corrected chi connectivity index (χ1v) is 9.60. The molecule has 0 radical (unpaired) electrons. The molecule has 0 fully saturated rings. The highest BCUT2D eigenvalue weighted by Gasteiger charge is 2.36. The van der Waals surface area contributed by atoms with E-state index < -0.39 is 5.60 Å². The van der Waals surface area contributed by atoms with E-state index in [0.29, 0.717) is 6.54 Å². The zero-order valence-electron chi connectivity index (χ0n) is 16.2. The van der Waals surface area contributed by atoms with Gasteiger partial charge in [-0.15, -0.1) is 0 Å². The molecule has 3 N–H and O–H groups in total. The number of ether oxygens (including phenoxy) is 1. The summed E-state index contributed by atoms with van der Waals surface area (Å²) in [5.74, 6) is 1.61. The number of hydrogen-bond acceptors (Lipinski definition) is 3. The molecular weight excluding hydrogens is 338 g/mol. The fourth-order valence-corrected chi connectivity index (χ4v) is 3.50. The third-order valence-electron chi connectivity index (χ3n) is 5.03. The molecule has 144 valence electrons. The Bertz CT molecular complexity index is 773. The molecule has 2 aromatic carbocycles. The molecule has 1 atom stereocenters. The summed E-state index contributed by atoms with van der Waals surface area (Å²) < 4.78 is 5.19. The van der Waals surface area contributed by atoms with Crippen LogP contribution in [0.3, 0.4) is 0 Å². The molecule has 0 saturated carbocycles. The second-order valence-corrected chi connectivity index (χ2v) is 6.91. The van der Waals surface area contributed by atoms with E-state index in [-0.39, 0.29) is 0 Å². The third kappa shape index (κ3) is 4.80. The summed E-state index contributed by atoms with van der Waals surface area (Å²) in [6.45, 7) is 3.96. The lowest BCUT2D eigenvalue weighted by atomic mass is 9.96. The maximum absolute atomic E-state index is 11.0. The van der Waals surface area contributed by atoms with Crippen LogP contribution in [0.1, 0.15) is 30.0 Å². The summed E-state index contributed by atoms with van der Waals surface area (Å²) in [5.41, 5.74) is 2.62. The Morgan fingerprint density at radius 1 is 1.15 bits per heavy atom. The highest BCUT2D eigenvalue weighted by Crippen LogP contribution is 2.36. The number of rotatable bonds is 7. The standard InChI is InChI=1S/C22H29N3O2/c1-3-23-21(24-15-13-17-8-10-19(27-2)11-9-17)25-16-22(26)14-12-18-6-4-5-7-20(18)22/h4-11,26H,3,12-16H2,1-2H3,(H2,23,24,25). The zero-order valence-corrected chi connectivity index (χ0v) is 16.2. The molecular formula is C22H29N3O2. The van der Waals surface area contributed by atoms with Gasteiger partial charge in [-0.25, -0.2) is 4.99 Å². The Hall–Kier alpha value is -2.53. The molecule has 0 aromatic heterocycles. The van der Waals surface area contributed by atoms with Gasteiger partial charge in [-0.3, -0.25) is 0 Å². The topological polar surface area (TPSA) is 65.9 Å². The summed E-state index contributed by atoms with van der Waals surface area (Å²) in [7, 11) is 1.67. The van der Waals surface area contributed by atoms with Gasteiger partial charge in [0, 0.05) is 13.1 Å². The van der Waals surface area contributed by atoms with Crippen molar-refractivity contribution in [2.24, 2.45) is 4.99 Å². The summed E-state index contributed by atoms with van der Waals surface area (Å²) in [6.07, 6.45) is 2.52. The van der Waals surface area contributed by atoms with E-state index >= 15 is 0 Å². The van der Waals surface area contributed by atoms with Gasteiger partial charge in [-0.1, -0.05) is 36.4 Å². The Morgan fingerprint density at radius 3 is 2.67 bits per heavy atom. The van der Waals surface area contributed by atoms with Crippen molar-refractivity contribution in [1.29, 1.82) is 0 Å². The molecule has 2 aromatic rings. The van der Waals surface area contributed by atoms with Crippen LogP contribution >= 0.6 is 0 Å². The minimum Gasteiger partial charge on any atom is -0.497 e. The lowest BCUT2D eigenvalue weighted by molar-refractivity contribution is 0.0485. The molecule has 1 aliphatic carbocycles. The van der Waals surface area contributed by atoms with Crippen LogP contribution in [0.2, 0.25) is 0 Å². The zero-order chi connectivity index (χ0) is 19.1. The van der Waals surface area contributed by atoms with Crippen LogP contribution < -0.4 is 15.4 Å². The van der Waals surface area contributed by atoms with E-state index in [1.807, 2.05) is 37.3 Å². The normalized spacial score (nSPS) is 18.9. The maximum atomic E-state index is 11.0. The van der Waals surface area contributed by atoms with Crippen LogP contribution in [0, 0.1) is 0 Å². The summed E-state index contributed by atoms with van der Waals surface area (Å²) in [4.78, 5) is 4.65. The number of aliphatic imine (C=N–C) groups is 1. The van der Waals surface area contributed by atoms with Crippen molar-refractivity contribution in [3.63, 3.8) is 0 Å². The number of benzene rings is 2. The van der Waals surface area contributed by atoms with Crippen molar-refractivity contribution >= 4 is 5.96 Å². The van der Waals surface area contributed by atoms with Crippen LogP contribution in [-0.2, 0) is 18.4 Å². The van der Waals surface area contributed by atoms with Crippen molar-refractivity contribution in [2.45, 2.75) is 31.8 Å². The van der Waals surface area contributed by atoms with Crippen LogP contribution in [0.5, 0.6) is 5.75 Å². The average Bonchev–Trinajstić information content (AvgIpc) is 3.04. The summed E-state index contributed by atoms with van der Waals surface area (Å²) in [5, 5.41) is 17.7. The number of aliphatic hydroxyl groups is 1. The van der Waals surface area contributed by atoms with E-state index in [9.17, 15) is 5.11 Å². The number of methoxy groups -OCH3 is 1. The SMILES string of the molecule is CCNC(=NCC1(O)CCc2ccccc21)NCCc1ccc(OC)cc1. The quantitative estimate of drug-likeness (QED) is 0.520. The molecule has 0 aliphatic heterocycles. The monoisotopic (exact) mass is 367 g/mol. The Balaban J connectivity index is 1.58. The van der Waals surface area contributed by atoms with Crippen molar-refractivity contribution in [3.8, 4) is 5.75 Å². The largest absolute Gasteiger partial charge is 0.497 e. The Kier molecular flexibility index (Phi) is 6.35. The predicted octanol–water partition coefficient (Wildman–Crippen LogP) is 2.63. The smallest absolute Gasteiger partial charge is 0.191 e. The van der Waals surface area contributed by atoms with E-state index in [0.717, 1.165) is 49.6 Å². The van der Waals surface area contributed by atoms with E-state index in [2.05, 4.69) is 33.8 Å². The summed E-state index contributed by atoms with van der Waals surface area (Å²) in [6, 6.07) is 16.2. The van der Waals surface area contributed by atoms with Crippen LogP contribution in [-0.4, -0.2) is 37.8 Å². The minimum absolute atomic E-state index is 0.363. The molecule has 1 unspecified atom stereocenters. The van der Waals surface area contributed by atoms with Crippen molar-refractivity contribution in [2.75, 3.05) is 26.7 Å². The van der Waals surface area contributed by atoms with Gasteiger partial charge in [-0.05, 0) is 55.0 Å². The first-order chi connectivity index (χ1) is 13.1. The van der Waals surface area contributed by atoms with Gasteiger partial charge in [0.25, 0.3) is 0 Å². The first-order valence-electron chi connectivity index (χ1n) is 9.60. The van der Waals surface area contributed by atoms with Gasteiger partial charge in [0.05, 0.1) is 13.7 Å². The van der Waals surface area contributed by atoms with Crippen LogP contribution in [0.4, 0.5) is 0 Å². The van der Waals surface area contributed by atoms with Gasteiger partial charge in [0.1, 0.15) is 11.4 Å². The molecule has 0 saturated heterocycles. The molecule has 5 nitrogen and oxygen atoms in total. The van der Waals surface area contributed by atoms with Gasteiger partial charge in [0.15, 0.2) is 5.96 Å². The molecule has 0 heterocycles. The minimum atomic E-state index is -0.866. The summed E-state index contributed by atoms with van der Waals surface area (Å²) >= 11 is 0. The van der Waals surface area contributed by atoms with Crippen LogP contribution in [0.25, 0.3) is 0 Å². The molecule has 27 heavy (non-hydrogen) atoms. The number of hydrogen-bond donors (Lipinski definition) is 3. The van der Waals surface area contributed by atoms with Crippen molar-refractivity contribution < 1.29 is 9.84 Å². The molecule has 1 aliphatic rings. The van der Waals surface area contributed by atoms with E-state index in [1.165, 1.54) is 11.1 Å². The highest BCUT2D eigenvalue weighted by atomic mass is 16.5. The lowest BCUT2D eigenvalue weighted by Crippen LogP contribution is -2.39. The molecule has 0 amide bonds. The van der Waals surface area contributed by atoms with Gasteiger partial charge in [-0.2, -0.15) is 0 Å². The second-order valence-electron chi connectivity index (χ2n) is 6.91. The first kappa shape index (κ1) is 19.2. The van der Waals surface area contributed by atoms with Gasteiger partial charge < -0.3 is 20.5 Å². The number of aryl methyl sites for hydroxylation is 1. The van der Waals surface area contributed by atoms with Crippen molar-refractivity contribution in [1.82, 2.24) is 10.6 Å². The van der Waals surface area contributed by atoms with Crippen LogP contribution in [0.15, 0.2) is 53.5 Å². The molecule has 0 spiro atoms. The number of nitrogens with zero attached hydrogens (tertiary/aromatic N) is 1. The lowest BCUT2D eigenvalue weighted by Gasteiger charge is -2.22. The third-order valence-corrected chi connectivity index (χ3v) is 5.03. The Labute approximate surface area is 161 Å². The maximum Gasteiger partial charge on any atom is 0.191 e. The molecule has 0 bridgehead atoms. The van der Waals surface area contributed by atoms with Gasteiger partial charge in [0.2, 0.25) is 0 Å². The Morgan fingerprint density at radius 2 is 1.93 bits per heavy atom. The van der Waals surface area contributed by atoms with E-state index in [1.54, 1.807) is 7.11 Å². The number of guanidine groups is 1. The fraction of sp³-hybridized carbons (Fsp3) is 0.409. The number of nitrogens with one attached hydrogen (secondary N) is 2. The van der Waals surface area contributed by atoms with Gasteiger partial charge >= 0.3 is 0 Å². The second kappa shape index (κ2) is 8.91. The highest BCUT2D eigenvalue weighted by molar-refractivity contribution is 5.79. The number of fused-ring (bicyclic) bond motifs is 1. The molecule has 5 heteroatoms. The van der Waals surface area contributed by atoms with Crippen molar-refractivity contribution in [3.05, 3.63) is 65.2 Å². The van der Waals surface area contributed by atoms with E-state index in [4.69, 9.17) is 4.74 Å². The molecule has 3 rings (SSSR count).